The van der Waals surface area contributed by atoms with E-state index in [1.165, 1.54) is 11.8 Å². The van der Waals surface area contributed by atoms with Crippen molar-refractivity contribution in [2.45, 2.75) is 12.3 Å². The topological polar surface area (TPSA) is 90.1 Å². The molecule has 1 aromatic heterocycles. The summed E-state index contributed by atoms with van der Waals surface area (Å²) in [6, 6.07) is 11.8. The normalized spacial score (nSPS) is 16.8. The summed E-state index contributed by atoms with van der Waals surface area (Å²) in [6.45, 7) is 2.26. The first-order valence-electron chi connectivity index (χ1n) is 8.09. The van der Waals surface area contributed by atoms with Crippen molar-refractivity contribution in [3.63, 3.8) is 0 Å². The number of hydrogen-bond acceptors (Lipinski definition) is 3. The summed E-state index contributed by atoms with van der Waals surface area (Å²) in [4.78, 5) is 25.7. The molecule has 2 heterocycles. The van der Waals surface area contributed by atoms with E-state index in [1.54, 1.807) is 6.07 Å². The van der Waals surface area contributed by atoms with Gasteiger partial charge in [0.1, 0.15) is 5.69 Å². The predicted octanol–water partition coefficient (Wildman–Crippen LogP) is 1.34. The Morgan fingerprint density at radius 3 is 2.71 bits per heavy atom. The van der Waals surface area contributed by atoms with Crippen LogP contribution in [0.4, 0.5) is 4.79 Å². The summed E-state index contributed by atoms with van der Waals surface area (Å²) in [5, 5.41) is 11.9. The van der Waals surface area contributed by atoms with Gasteiger partial charge in [-0.1, -0.05) is 30.3 Å². The van der Waals surface area contributed by atoms with Crippen molar-refractivity contribution in [3.8, 4) is 0 Å². The number of nitrogens with zero attached hydrogens (tertiary/aromatic N) is 2. The van der Waals surface area contributed by atoms with Crippen LogP contribution in [0, 0.1) is 0 Å². The average Bonchev–Trinajstić information content (AvgIpc) is 3.31. The Morgan fingerprint density at radius 2 is 1.96 bits per heavy atom. The molecule has 126 valence electrons. The molecular formula is C17H21N5O2. The molecule has 3 amide bonds. The lowest BCUT2D eigenvalue weighted by Gasteiger charge is -2.17. The van der Waals surface area contributed by atoms with Gasteiger partial charge in [-0.05, 0) is 18.1 Å². The summed E-state index contributed by atoms with van der Waals surface area (Å²) in [5.41, 5.74) is 1.69. The van der Waals surface area contributed by atoms with E-state index in [0.717, 1.165) is 19.5 Å². The Bertz CT molecular complexity index is 672. The second-order valence-corrected chi connectivity index (χ2v) is 5.80. The van der Waals surface area contributed by atoms with Crippen LogP contribution in [0.3, 0.4) is 0 Å². The highest BCUT2D eigenvalue weighted by Crippen LogP contribution is 2.26. The van der Waals surface area contributed by atoms with E-state index in [0.29, 0.717) is 24.7 Å². The number of hydrogen-bond donors (Lipinski definition) is 3. The van der Waals surface area contributed by atoms with Gasteiger partial charge in [-0.15, -0.1) is 0 Å². The molecule has 0 aliphatic carbocycles. The number of benzene rings is 1. The van der Waals surface area contributed by atoms with E-state index in [1.807, 2.05) is 23.1 Å². The average molecular weight is 327 g/mol. The zero-order chi connectivity index (χ0) is 16.8. The first-order valence-corrected chi connectivity index (χ1v) is 8.09. The van der Waals surface area contributed by atoms with Crippen LogP contribution in [0.25, 0.3) is 0 Å². The van der Waals surface area contributed by atoms with Crippen LogP contribution in [-0.4, -0.2) is 53.2 Å². The van der Waals surface area contributed by atoms with E-state index < -0.39 is 0 Å². The lowest BCUT2D eigenvalue weighted by atomic mass is 9.99. The molecule has 7 nitrogen and oxygen atoms in total. The minimum Gasteiger partial charge on any atom is -0.349 e. The molecule has 2 aromatic rings. The number of urea groups is 1. The molecule has 0 bridgehead atoms. The van der Waals surface area contributed by atoms with Gasteiger partial charge in [0.25, 0.3) is 5.91 Å². The fourth-order valence-electron chi connectivity index (χ4n) is 2.88. The van der Waals surface area contributed by atoms with Crippen molar-refractivity contribution < 1.29 is 9.59 Å². The highest BCUT2D eigenvalue weighted by Gasteiger charge is 2.26. The molecule has 3 N–H and O–H groups in total. The number of amides is 3. The zero-order valence-corrected chi connectivity index (χ0v) is 13.4. The molecule has 1 aliphatic heterocycles. The third kappa shape index (κ3) is 3.92. The van der Waals surface area contributed by atoms with Gasteiger partial charge < -0.3 is 15.5 Å². The maximum atomic E-state index is 12.2. The van der Waals surface area contributed by atoms with Crippen molar-refractivity contribution >= 4 is 11.9 Å². The Balaban J connectivity index is 1.38. The fraction of sp³-hybridized carbons (Fsp3) is 0.353. The van der Waals surface area contributed by atoms with Crippen molar-refractivity contribution in [2.24, 2.45) is 0 Å². The minimum absolute atomic E-state index is 0.0794. The molecule has 0 radical (unpaired) electrons. The van der Waals surface area contributed by atoms with E-state index in [4.69, 9.17) is 0 Å². The Labute approximate surface area is 140 Å². The van der Waals surface area contributed by atoms with Crippen LogP contribution in [0.2, 0.25) is 0 Å². The molecule has 3 rings (SSSR count). The number of H-pyrrole nitrogens is 1. The van der Waals surface area contributed by atoms with Crippen molar-refractivity contribution in [1.82, 2.24) is 25.7 Å². The number of carbonyl (C=O) groups excluding carboxylic acids is 2. The van der Waals surface area contributed by atoms with E-state index in [2.05, 4.69) is 33.0 Å². The Kier molecular flexibility index (Phi) is 5.10. The third-order valence-corrected chi connectivity index (χ3v) is 4.18. The van der Waals surface area contributed by atoms with Crippen LogP contribution in [0.15, 0.2) is 42.6 Å². The van der Waals surface area contributed by atoms with Crippen molar-refractivity contribution in [1.29, 1.82) is 0 Å². The van der Waals surface area contributed by atoms with Gasteiger partial charge in [-0.2, -0.15) is 5.10 Å². The minimum atomic E-state index is -0.230. The molecule has 0 saturated carbocycles. The third-order valence-electron chi connectivity index (χ3n) is 4.18. The van der Waals surface area contributed by atoms with Crippen LogP contribution >= 0.6 is 0 Å². The summed E-state index contributed by atoms with van der Waals surface area (Å²) >= 11 is 0. The van der Waals surface area contributed by atoms with Crippen molar-refractivity contribution in [2.75, 3.05) is 26.2 Å². The summed E-state index contributed by atoms with van der Waals surface area (Å²) in [5.74, 6) is 0.170. The molecular weight excluding hydrogens is 306 g/mol. The number of aromatic nitrogens is 2. The molecule has 24 heavy (non-hydrogen) atoms. The highest BCUT2D eigenvalue weighted by molar-refractivity contribution is 5.92. The van der Waals surface area contributed by atoms with Gasteiger partial charge >= 0.3 is 6.03 Å². The van der Waals surface area contributed by atoms with Gasteiger partial charge in [-0.25, -0.2) is 4.79 Å². The van der Waals surface area contributed by atoms with E-state index >= 15 is 0 Å². The first kappa shape index (κ1) is 16.0. The number of likely N-dealkylation sites (tertiary alicyclic amines) is 1. The summed E-state index contributed by atoms with van der Waals surface area (Å²) in [7, 11) is 0. The maximum Gasteiger partial charge on any atom is 0.317 e. The second-order valence-electron chi connectivity index (χ2n) is 5.80. The molecule has 1 aliphatic rings. The largest absolute Gasteiger partial charge is 0.349 e. The van der Waals surface area contributed by atoms with Gasteiger partial charge in [0.2, 0.25) is 0 Å². The summed E-state index contributed by atoms with van der Waals surface area (Å²) < 4.78 is 0. The van der Waals surface area contributed by atoms with Gasteiger partial charge in [-0.3, -0.25) is 9.89 Å². The molecule has 7 heteroatoms. The number of carbonyl (C=O) groups is 2. The van der Waals surface area contributed by atoms with Crippen LogP contribution in [-0.2, 0) is 0 Å². The zero-order valence-electron chi connectivity index (χ0n) is 13.4. The smallest absolute Gasteiger partial charge is 0.317 e. The SMILES string of the molecule is O=C(NCCNC(=O)N1CCC(c2ccccc2)C1)c1ccn[nH]1. The van der Waals surface area contributed by atoms with Gasteiger partial charge in [0, 0.05) is 38.3 Å². The molecule has 0 spiro atoms. The van der Waals surface area contributed by atoms with Crippen molar-refractivity contribution in [3.05, 3.63) is 53.9 Å². The van der Waals surface area contributed by atoms with Crippen LogP contribution < -0.4 is 10.6 Å². The quantitative estimate of drug-likeness (QED) is 0.724. The molecule has 1 saturated heterocycles. The second kappa shape index (κ2) is 7.63. The van der Waals surface area contributed by atoms with Gasteiger partial charge in [0.15, 0.2) is 0 Å². The lowest BCUT2D eigenvalue weighted by molar-refractivity contribution is 0.0948. The van der Waals surface area contributed by atoms with E-state index in [-0.39, 0.29) is 11.9 Å². The summed E-state index contributed by atoms with van der Waals surface area (Å²) in [6.07, 6.45) is 2.50. The fourth-order valence-corrected chi connectivity index (χ4v) is 2.88. The molecule has 1 fully saturated rings. The monoisotopic (exact) mass is 327 g/mol. The van der Waals surface area contributed by atoms with Crippen LogP contribution in [0.1, 0.15) is 28.4 Å². The first-order chi connectivity index (χ1) is 11.7. The predicted molar refractivity (Wildman–Crippen MR) is 89.7 cm³/mol. The number of nitrogens with one attached hydrogen (secondary N) is 3. The van der Waals surface area contributed by atoms with Gasteiger partial charge in [0.05, 0.1) is 0 Å². The molecule has 1 aromatic carbocycles. The maximum absolute atomic E-state index is 12.2. The standard InChI is InChI=1S/C17H21N5O2/c23-16(15-6-8-20-21-15)18-9-10-19-17(24)22-11-7-14(12-22)13-4-2-1-3-5-13/h1-6,8,14H,7,9-12H2,(H,18,23)(H,19,24)(H,20,21). The Hall–Kier alpha value is -2.83. The number of rotatable bonds is 5. The molecule has 1 atom stereocenters. The number of aromatic amines is 1. The molecule has 1 unspecified atom stereocenters. The van der Waals surface area contributed by atoms with E-state index in [9.17, 15) is 9.59 Å². The van der Waals surface area contributed by atoms with Crippen LogP contribution in [0.5, 0.6) is 0 Å². The highest BCUT2D eigenvalue weighted by atomic mass is 16.2. The lowest BCUT2D eigenvalue weighted by Crippen LogP contribution is -2.42. The Morgan fingerprint density at radius 1 is 1.17 bits per heavy atom.